The molecule has 0 aliphatic heterocycles. The molecular weight excluding hydrogens is 284 g/mol. The maximum absolute atomic E-state index is 12.4. The lowest BCUT2D eigenvalue weighted by Gasteiger charge is -2.22. The minimum Gasteiger partial charge on any atom is -0.385 e. The molecule has 1 saturated carbocycles. The molecule has 22 heavy (non-hydrogen) atoms. The molecule has 2 amide bonds. The van der Waals surface area contributed by atoms with Gasteiger partial charge in [0.15, 0.2) is 0 Å². The SMILES string of the molecule is COCCCN(CCC(=O)NC1CC1)C(=O)c1cnccn1. The van der Waals surface area contributed by atoms with Crippen molar-refractivity contribution in [2.45, 2.75) is 31.7 Å². The summed E-state index contributed by atoms with van der Waals surface area (Å²) in [4.78, 5) is 33.8. The van der Waals surface area contributed by atoms with E-state index >= 15 is 0 Å². The third-order valence-corrected chi connectivity index (χ3v) is 3.40. The Bertz CT molecular complexity index is 491. The van der Waals surface area contributed by atoms with Crippen molar-refractivity contribution in [1.82, 2.24) is 20.2 Å². The van der Waals surface area contributed by atoms with Gasteiger partial charge in [0.1, 0.15) is 5.69 Å². The van der Waals surface area contributed by atoms with Crippen molar-refractivity contribution in [3.8, 4) is 0 Å². The molecule has 1 heterocycles. The molecule has 0 aromatic carbocycles. The second-order valence-electron chi connectivity index (χ2n) is 5.32. The van der Waals surface area contributed by atoms with Gasteiger partial charge in [-0.05, 0) is 19.3 Å². The van der Waals surface area contributed by atoms with Crippen LogP contribution in [0.5, 0.6) is 0 Å². The second-order valence-corrected chi connectivity index (χ2v) is 5.32. The molecular formula is C15H22N4O3. The first kappa shape index (κ1) is 16.4. The fraction of sp³-hybridized carbons (Fsp3) is 0.600. The summed E-state index contributed by atoms with van der Waals surface area (Å²) >= 11 is 0. The Morgan fingerprint density at radius 2 is 2.18 bits per heavy atom. The smallest absolute Gasteiger partial charge is 0.274 e. The van der Waals surface area contributed by atoms with E-state index in [4.69, 9.17) is 4.74 Å². The van der Waals surface area contributed by atoms with E-state index in [-0.39, 0.29) is 11.8 Å². The van der Waals surface area contributed by atoms with Gasteiger partial charge in [0.2, 0.25) is 5.91 Å². The number of carbonyl (C=O) groups is 2. The molecule has 0 unspecified atom stereocenters. The first-order valence-electron chi connectivity index (χ1n) is 7.54. The summed E-state index contributed by atoms with van der Waals surface area (Å²) < 4.78 is 5.02. The number of rotatable bonds is 9. The first-order valence-corrected chi connectivity index (χ1v) is 7.54. The van der Waals surface area contributed by atoms with Gasteiger partial charge < -0.3 is 15.0 Å². The van der Waals surface area contributed by atoms with Gasteiger partial charge in [0, 0.05) is 51.7 Å². The Morgan fingerprint density at radius 3 is 2.82 bits per heavy atom. The second kappa shape index (κ2) is 8.43. The third kappa shape index (κ3) is 5.40. The molecule has 0 spiro atoms. The van der Waals surface area contributed by atoms with Gasteiger partial charge in [0.25, 0.3) is 5.91 Å². The van der Waals surface area contributed by atoms with Gasteiger partial charge in [0.05, 0.1) is 6.20 Å². The largest absolute Gasteiger partial charge is 0.385 e. The molecule has 0 bridgehead atoms. The Labute approximate surface area is 130 Å². The molecule has 7 nitrogen and oxygen atoms in total. The maximum atomic E-state index is 12.4. The lowest BCUT2D eigenvalue weighted by atomic mass is 10.3. The summed E-state index contributed by atoms with van der Waals surface area (Å²) in [5, 5.41) is 2.93. The molecule has 2 rings (SSSR count). The highest BCUT2D eigenvalue weighted by atomic mass is 16.5. The van der Waals surface area contributed by atoms with E-state index in [1.807, 2.05) is 0 Å². The van der Waals surface area contributed by atoms with Crippen LogP contribution in [-0.2, 0) is 9.53 Å². The fourth-order valence-corrected chi connectivity index (χ4v) is 2.05. The lowest BCUT2D eigenvalue weighted by Crippen LogP contribution is -2.37. The van der Waals surface area contributed by atoms with Gasteiger partial charge in [-0.2, -0.15) is 0 Å². The highest BCUT2D eigenvalue weighted by Crippen LogP contribution is 2.18. The first-order chi connectivity index (χ1) is 10.7. The zero-order chi connectivity index (χ0) is 15.8. The van der Waals surface area contributed by atoms with E-state index in [1.54, 1.807) is 12.0 Å². The van der Waals surface area contributed by atoms with E-state index in [2.05, 4.69) is 15.3 Å². The van der Waals surface area contributed by atoms with Gasteiger partial charge in [-0.25, -0.2) is 4.98 Å². The summed E-state index contributed by atoms with van der Waals surface area (Å²) in [6.07, 6.45) is 7.58. The highest BCUT2D eigenvalue weighted by molar-refractivity contribution is 5.92. The number of nitrogens with zero attached hydrogens (tertiary/aromatic N) is 3. The Kier molecular flexibility index (Phi) is 6.27. The zero-order valence-corrected chi connectivity index (χ0v) is 12.8. The minimum atomic E-state index is -0.205. The molecule has 1 aromatic heterocycles. The van der Waals surface area contributed by atoms with Gasteiger partial charge in [-0.15, -0.1) is 0 Å². The van der Waals surface area contributed by atoms with Crippen LogP contribution < -0.4 is 5.32 Å². The molecule has 0 atom stereocenters. The molecule has 1 aromatic rings. The number of carbonyl (C=O) groups excluding carboxylic acids is 2. The molecule has 7 heteroatoms. The number of ether oxygens (including phenoxy) is 1. The van der Waals surface area contributed by atoms with E-state index in [9.17, 15) is 9.59 Å². The molecule has 1 aliphatic carbocycles. The molecule has 0 saturated heterocycles. The monoisotopic (exact) mass is 306 g/mol. The van der Waals surface area contributed by atoms with E-state index in [0.717, 1.165) is 12.8 Å². The molecule has 0 radical (unpaired) electrons. The summed E-state index contributed by atoms with van der Waals surface area (Å²) in [6, 6.07) is 0.338. The van der Waals surface area contributed by atoms with E-state index in [0.29, 0.717) is 44.3 Å². The van der Waals surface area contributed by atoms with Crippen LogP contribution in [0.3, 0.4) is 0 Å². The van der Waals surface area contributed by atoms with Crippen molar-refractivity contribution in [2.24, 2.45) is 0 Å². The van der Waals surface area contributed by atoms with Gasteiger partial charge >= 0.3 is 0 Å². The van der Waals surface area contributed by atoms with Gasteiger partial charge in [-0.1, -0.05) is 0 Å². The minimum absolute atomic E-state index is 0.00816. The van der Waals surface area contributed by atoms with Crippen molar-refractivity contribution in [2.75, 3.05) is 26.8 Å². The van der Waals surface area contributed by atoms with Crippen molar-refractivity contribution in [3.63, 3.8) is 0 Å². The van der Waals surface area contributed by atoms with Crippen LogP contribution in [0.15, 0.2) is 18.6 Å². The average Bonchev–Trinajstić information content (AvgIpc) is 3.35. The number of hydrogen-bond donors (Lipinski definition) is 1. The number of hydrogen-bond acceptors (Lipinski definition) is 5. The number of amides is 2. The molecule has 120 valence electrons. The summed E-state index contributed by atoms with van der Waals surface area (Å²) in [5.41, 5.74) is 0.294. The standard InChI is InChI=1S/C15H22N4O3/c1-22-10-2-8-19(9-5-14(20)18-12-3-4-12)15(21)13-11-16-6-7-17-13/h6-7,11-12H,2-5,8-10H2,1H3,(H,18,20). The van der Waals surface area contributed by atoms with Crippen LogP contribution in [0.25, 0.3) is 0 Å². The van der Waals surface area contributed by atoms with Gasteiger partial charge in [-0.3, -0.25) is 14.6 Å². The van der Waals surface area contributed by atoms with Crippen molar-refractivity contribution >= 4 is 11.8 Å². The van der Waals surface area contributed by atoms with Crippen molar-refractivity contribution in [3.05, 3.63) is 24.3 Å². The highest BCUT2D eigenvalue weighted by Gasteiger charge is 2.24. The van der Waals surface area contributed by atoms with Crippen LogP contribution in [0, 0.1) is 0 Å². The number of nitrogens with one attached hydrogen (secondary N) is 1. The molecule has 1 fully saturated rings. The van der Waals surface area contributed by atoms with Crippen molar-refractivity contribution in [1.29, 1.82) is 0 Å². The lowest BCUT2D eigenvalue weighted by molar-refractivity contribution is -0.121. The fourth-order valence-electron chi connectivity index (χ4n) is 2.05. The van der Waals surface area contributed by atoms with Crippen LogP contribution in [0.2, 0.25) is 0 Å². The van der Waals surface area contributed by atoms with Crippen LogP contribution in [0.1, 0.15) is 36.2 Å². The van der Waals surface area contributed by atoms with E-state index < -0.39 is 0 Å². The van der Waals surface area contributed by atoms with Crippen LogP contribution in [-0.4, -0.2) is 59.5 Å². The molecule has 1 N–H and O–H groups in total. The zero-order valence-electron chi connectivity index (χ0n) is 12.8. The van der Waals surface area contributed by atoms with Crippen LogP contribution in [0.4, 0.5) is 0 Å². The summed E-state index contributed by atoms with van der Waals surface area (Å²) in [5.74, 6) is -0.213. The Balaban J connectivity index is 1.89. The quantitative estimate of drug-likeness (QED) is 0.676. The normalized spacial score (nSPS) is 13.7. The van der Waals surface area contributed by atoms with Crippen LogP contribution >= 0.6 is 0 Å². The molecule has 1 aliphatic rings. The summed E-state index contributed by atoms with van der Waals surface area (Å²) in [6.45, 7) is 1.47. The summed E-state index contributed by atoms with van der Waals surface area (Å²) in [7, 11) is 1.62. The van der Waals surface area contributed by atoms with Crippen molar-refractivity contribution < 1.29 is 14.3 Å². The Morgan fingerprint density at radius 1 is 1.36 bits per heavy atom. The predicted octanol–water partition coefficient (Wildman–Crippen LogP) is 0.624. The average molecular weight is 306 g/mol. The third-order valence-electron chi connectivity index (χ3n) is 3.40. The topological polar surface area (TPSA) is 84.4 Å². The Hall–Kier alpha value is -2.02. The predicted molar refractivity (Wildman–Crippen MR) is 80.2 cm³/mol. The maximum Gasteiger partial charge on any atom is 0.274 e. The number of aromatic nitrogens is 2. The van der Waals surface area contributed by atoms with E-state index in [1.165, 1.54) is 18.6 Å². The number of methoxy groups -OCH3 is 1.